The van der Waals surface area contributed by atoms with Crippen LogP contribution in [0.25, 0.3) is 0 Å². The molecule has 1 N–H and O–H groups in total. The van der Waals surface area contributed by atoms with Crippen LogP contribution in [-0.2, 0) is 13.1 Å². The van der Waals surface area contributed by atoms with E-state index in [4.69, 9.17) is 0 Å². The van der Waals surface area contributed by atoms with Crippen molar-refractivity contribution in [2.45, 2.75) is 20.0 Å². The minimum atomic E-state index is -0.331. The van der Waals surface area contributed by atoms with Gasteiger partial charge in [-0.15, -0.1) is 0 Å². The highest BCUT2D eigenvalue weighted by Gasteiger charge is 2.07. The van der Waals surface area contributed by atoms with E-state index in [0.717, 1.165) is 11.3 Å². The maximum atomic E-state index is 11.6. The van der Waals surface area contributed by atoms with Crippen LogP contribution in [0.5, 0.6) is 5.75 Å². The smallest absolute Gasteiger partial charge is 0.223 e. The summed E-state index contributed by atoms with van der Waals surface area (Å²) in [6.45, 7) is 3.34. The molecule has 0 saturated carbocycles. The van der Waals surface area contributed by atoms with Crippen LogP contribution in [-0.4, -0.2) is 28.7 Å². The third-order valence-electron chi connectivity index (χ3n) is 3.15. The molecule has 0 saturated heterocycles. The number of nitrogens with zero attached hydrogens (tertiary/aromatic N) is 2. The number of hydrogen-bond acceptors (Lipinski definition) is 3. The average molecular weight is 272 g/mol. The number of benzene rings is 1. The summed E-state index contributed by atoms with van der Waals surface area (Å²) in [7, 11) is 3.90. The Morgan fingerprint density at radius 3 is 2.45 bits per heavy atom. The minimum Gasteiger partial charge on any atom is -0.503 e. The maximum Gasteiger partial charge on any atom is 0.223 e. The van der Waals surface area contributed by atoms with Crippen molar-refractivity contribution in [1.82, 2.24) is 9.47 Å². The van der Waals surface area contributed by atoms with E-state index in [-0.39, 0.29) is 11.2 Å². The van der Waals surface area contributed by atoms with Crippen LogP contribution < -0.4 is 5.43 Å². The lowest BCUT2D eigenvalue weighted by atomic mass is 10.1. The van der Waals surface area contributed by atoms with Gasteiger partial charge in [-0.1, -0.05) is 29.8 Å². The highest BCUT2D eigenvalue weighted by molar-refractivity contribution is 5.25. The molecule has 0 aliphatic carbocycles. The molecule has 1 aromatic heterocycles. The predicted molar refractivity (Wildman–Crippen MR) is 80.0 cm³/mol. The van der Waals surface area contributed by atoms with Gasteiger partial charge in [0.05, 0.1) is 6.20 Å². The predicted octanol–water partition coefficient (Wildman–Crippen LogP) is 1.97. The SMILES string of the molecule is Cc1ccc(Cn2cc(O)c(=O)cc2CN(C)C)cc1. The van der Waals surface area contributed by atoms with Crippen LogP contribution in [0.1, 0.15) is 16.8 Å². The number of aryl methyl sites for hydroxylation is 1. The first-order valence-corrected chi connectivity index (χ1v) is 6.58. The summed E-state index contributed by atoms with van der Waals surface area (Å²) in [5.41, 5.74) is 2.91. The van der Waals surface area contributed by atoms with Crippen LogP contribution in [0.15, 0.2) is 41.3 Å². The van der Waals surface area contributed by atoms with Gasteiger partial charge in [-0.3, -0.25) is 4.79 Å². The fourth-order valence-corrected chi connectivity index (χ4v) is 2.10. The summed E-state index contributed by atoms with van der Waals surface area (Å²) in [6.07, 6.45) is 1.51. The van der Waals surface area contributed by atoms with E-state index in [0.29, 0.717) is 13.1 Å². The van der Waals surface area contributed by atoms with Gasteiger partial charge in [0.25, 0.3) is 0 Å². The molecule has 2 aromatic rings. The first kappa shape index (κ1) is 14.3. The maximum absolute atomic E-state index is 11.6. The Balaban J connectivity index is 2.36. The Morgan fingerprint density at radius 2 is 1.85 bits per heavy atom. The van der Waals surface area contributed by atoms with Gasteiger partial charge in [-0.25, -0.2) is 0 Å². The van der Waals surface area contributed by atoms with Crippen LogP contribution in [0.3, 0.4) is 0 Å². The summed E-state index contributed by atoms with van der Waals surface area (Å²) < 4.78 is 1.92. The van der Waals surface area contributed by atoms with Gasteiger partial charge in [0, 0.05) is 24.8 Å². The summed E-state index contributed by atoms with van der Waals surface area (Å²) in [5, 5.41) is 9.63. The monoisotopic (exact) mass is 272 g/mol. The Bertz CT molecular complexity index is 643. The van der Waals surface area contributed by atoms with Crippen molar-refractivity contribution in [2.24, 2.45) is 0 Å². The van der Waals surface area contributed by atoms with Crippen LogP contribution in [0.2, 0.25) is 0 Å². The molecule has 0 aliphatic rings. The topological polar surface area (TPSA) is 45.5 Å². The first-order valence-electron chi connectivity index (χ1n) is 6.58. The molecule has 0 atom stereocenters. The molecule has 0 unspecified atom stereocenters. The van der Waals surface area contributed by atoms with Crippen molar-refractivity contribution < 1.29 is 5.11 Å². The molecule has 0 spiro atoms. The molecule has 0 bridgehead atoms. The van der Waals surface area contributed by atoms with Crippen molar-refractivity contribution >= 4 is 0 Å². The van der Waals surface area contributed by atoms with E-state index in [9.17, 15) is 9.90 Å². The number of pyridine rings is 1. The normalized spacial score (nSPS) is 11.0. The lowest BCUT2D eigenvalue weighted by Crippen LogP contribution is -2.19. The molecule has 2 rings (SSSR count). The van der Waals surface area contributed by atoms with Gasteiger partial charge in [0.2, 0.25) is 5.43 Å². The number of rotatable bonds is 4. The highest BCUT2D eigenvalue weighted by atomic mass is 16.3. The van der Waals surface area contributed by atoms with Gasteiger partial charge < -0.3 is 14.6 Å². The molecular weight excluding hydrogens is 252 g/mol. The zero-order valence-corrected chi connectivity index (χ0v) is 12.1. The minimum absolute atomic E-state index is 0.209. The van der Waals surface area contributed by atoms with Gasteiger partial charge in [0.1, 0.15) is 0 Å². The second kappa shape index (κ2) is 5.92. The second-order valence-electron chi connectivity index (χ2n) is 5.37. The molecule has 106 valence electrons. The Kier molecular flexibility index (Phi) is 4.25. The molecule has 0 aliphatic heterocycles. The van der Waals surface area contributed by atoms with E-state index in [2.05, 4.69) is 24.3 Å². The molecule has 20 heavy (non-hydrogen) atoms. The van der Waals surface area contributed by atoms with Crippen LogP contribution >= 0.6 is 0 Å². The van der Waals surface area contributed by atoms with E-state index < -0.39 is 0 Å². The van der Waals surface area contributed by atoms with Crippen molar-refractivity contribution in [1.29, 1.82) is 0 Å². The van der Waals surface area contributed by atoms with Crippen LogP contribution in [0.4, 0.5) is 0 Å². The zero-order chi connectivity index (χ0) is 14.7. The fourth-order valence-electron chi connectivity index (χ4n) is 2.10. The Labute approximate surface area is 118 Å². The molecule has 4 heteroatoms. The number of aromatic nitrogens is 1. The zero-order valence-electron chi connectivity index (χ0n) is 12.1. The second-order valence-corrected chi connectivity index (χ2v) is 5.37. The van der Waals surface area contributed by atoms with Crippen molar-refractivity contribution in [3.8, 4) is 5.75 Å². The molecule has 1 aromatic carbocycles. The lowest BCUT2D eigenvalue weighted by Gasteiger charge is -2.17. The molecule has 4 nitrogen and oxygen atoms in total. The van der Waals surface area contributed by atoms with Gasteiger partial charge in [-0.2, -0.15) is 0 Å². The lowest BCUT2D eigenvalue weighted by molar-refractivity contribution is 0.384. The van der Waals surface area contributed by atoms with Gasteiger partial charge >= 0.3 is 0 Å². The van der Waals surface area contributed by atoms with Gasteiger partial charge in [-0.05, 0) is 26.6 Å². The number of aromatic hydroxyl groups is 1. The van der Waals surface area contributed by atoms with Gasteiger partial charge in [0.15, 0.2) is 5.75 Å². The molecule has 0 amide bonds. The third kappa shape index (κ3) is 3.48. The quantitative estimate of drug-likeness (QED) is 0.925. The summed E-state index contributed by atoms with van der Waals surface area (Å²) in [4.78, 5) is 13.6. The molecule has 0 radical (unpaired) electrons. The van der Waals surface area contributed by atoms with E-state index >= 15 is 0 Å². The molecule has 1 heterocycles. The largest absolute Gasteiger partial charge is 0.503 e. The summed E-state index contributed by atoms with van der Waals surface area (Å²) >= 11 is 0. The third-order valence-corrected chi connectivity index (χ3v) is 3.15. The summed E-state index contributed by atoms with van der Waals surface area (Å²) in [5.74, 6) is -0.209. The van der Waals surface area contributed by atoms with Crippen molar-refractivity contribution in [3.63, 3.8) is 0 Å². The standard InChI is InChI=1S/C16H20N2O2/c1-12-4-6-13(7-5-12)9-18-11-16(20)15(19)8-14(18)10-17(2)3/h4-8,11,20H,9-10H2,1-3H3. The average Bonchev–Trinajstić information content (AvgIpc) is 2.37. The van der Waals surface area contributed by atoms with E-state index in [1.807, 2.05) is 30.5 Å². The summed E-state index contributed by atoms with van der Waals surface area (Å²) in [6, 6.07) is 9.74. The van der Waals surface area contributed by atoms with Crippen LogP contribution in [0, 0.1) is 6.92 Å². The number of hydrogen-bond donors (Lipinski definition) is 1. The Hall–Kier alpha value is -2.07. The van der Waals surface area contributed by atoms with E-state index in [1.165, 1.54) is 17.8 Å². The molecular formula is C16H20N2O2. The highest BCUT2D eigenvalue weighted by Crippen LogP contribution is 2.11. The molecule has 0 fully saturated rings. The Morgan fingerprint density at radius 1 is 1.20 bits per heavy atom. The van der Waals surface area contributed by atoms with Crippen molar-refractivity contribution in [3.05, 3.63) is 63.6 Å². The fraction of sp³-hybridized carbons (Fsp3) is 0.312. The van der Waals surface area contributed by atoms with Crippen molar-refractivity contribution in [2.75, 3.05) is 14.1 Å². The van der Waals surface area contributed by atoms with E-state index in [1.54, 1.807) is 0 Å². The first-order chi connectivity index (χ1) is 9.45.